The van der Waals surface area contributed by atoms with Gasteiger partial charge in [-0.15, -0.1) is 0 Å². The van der Waals surface area contributed by atoms with E-state index in [0.717, 1.165) is 25.7 Å². The molecule has 0 aliphatic heterocycles. The molecule has 104 valence electrons. The lowest BCUT2D eigenvalue weighted by atomic mass is 10.2. The highest BCUT2D eigenvalue weighted by Gasteiger charge is 2.25. The molecule has 2 rings (SSSR count). The second-order valence-corrected chi connectivity index (χ2v) is 7.09. The van der Waals surface area contributed by atoms with Gasteiger partial charge in [-0.1, -0.05) is 12.8 Å². The Morgan fingerprint density at radius 3 is 2.53 bits per heavy atom. The van der Waals surface area contributed by atoms with E-state index in [-0.39, 0.29) is 16.5 Å². The number of nitrogens with one attached hydrogen (secondary N) is 1. The lowest BCUT2D eigenvalue weighted by Gasteiger charge is -2.14. The minimum Gasteiger partial charge on any atom is -0.478 e. The predicted octanol–water partition coefficient (Wildman–Crippen LogP) is 2.37. The summed E-state index contributed by atoms with van der Waals surface area (Å²) in [5.41, 5.74) is -0.0463. The quantitative estimate of drug-likeness (QED) is 0.875. The number of rotatable bonds is 4. The van der Waals surface area contributed by atoms with E-state index < -0.39 is 16.0 Å². The summed E-state index contributed by atoms with van der Waals surface area (Å²) in [6.07, 6.45) is 3.69. The Morgan fingerprint density at radius 2 is 1.95 bits per heavy atom. The zero-order valence-corrected chi connectivity index (χ0v) is 12.5. The van der Waals surface area contributed by atoms with Gasteiger partial charge in [-0.2, -0.15) is 0 Å². The molecule has 1 aliphatic carbocycles. The molecule has 7 heteroatoms. The summed E-state index contributed by atoms with van der Waals surface area (Å²) in [4.78, 5) is 10.9. The van der Waals surface area contributed by atoms with Crippen LogP contribution in [0.1, 0.15) is 36.0 Å². The SMILES string of the molecule is O=C(O)c1ccc(Br)c(S(=O)(=O)NC2CCCC2)c1. The van der Waals surface area contributed by atoms with Crippen molar-refractivity contribution in [2.24, 2.45) is 0 Å². The molecule has 0 unspecified atom stereocenters. The standard InChI is InChI=1S/C12H14BrNO4S/c13-10-6-5-8(12(15)16)7-11(10)19(17,18)14-9-3-1-2-4-9/h5-7,9,14H,1-4H2,(H,15,16). The van der Waals surface area contributed by atoms with Gasteiger partial charge < -0.3 is 5.11 Å². The molecule has 5 nitrogen and oxygen atoms in total. The monoisotopic (exact) mass is 347 g/mol. The minimum atomic E-state index is -3.69. The third kappa shape index (κ3) is 3.34. The summed E-state index contributed by atoms with van der Waals surface area (Å²) in [5.74, 6) is -1.15. The molecule has 19 heavy (non-hydrogen) atoms. The normalized spacial score (nSPS) is 16.7. The van der Waals surface area contributed by atoms with E-state index in [1.165, 1.54) is 18.2 Å². The highest BCUT2D eigenvalue weighted by atomic mass is 79.9. The van der Waals surface area contributed by atoms with E-state index in [2.05, 4.69) is 20.7 Å². The van der Waals surface area contributed by atoms with Crippen LogP contribution in [0.5, 0.6) is 0 Å². The van der Waals surface area contributed by atoms with Gasteiger partial charge in [0.15, 0.2) is 0 Å². The molecule has 1 saturated carbocycles. The number of hydrogen-bond donors (Lipinski definition) is 2. The molecule has 0 radical (unpaired) electrons. The van der Waals surface area contributed by atoms with E-state index in [4.69, 9.17) is 5.11 Å². The van der Waals surface area contributed by atoms with Crippen molar-refractivity contribution in [1.29, 1.82) is 0 Å². The number of benzene rings is 1. The van der Waals surface area contributed by atoms with Gasteiger partial charge in [-0.05, 0) is 47.0 Å². The Kier molecular flexibility index (Phi) is 4.27. The molecule has 0 aromatic heterocycles. The van der Waals surface area contributed by atoms with Crippen LogP contribution < -0.4 is 4.72 Å². The fourth-order valence-electron chi connectivity index (χ4n) is 2.17. The number of sulfonamides is 1. The largest absolute Gasteiger partial charge is 0.478 e. The number of aromatic carboxylic acids is 1. The summed E-state index contributed by atoms with van der Waals surface area (Å²) in [5, 5.41) is 8.92. The van der Waals surface area contributed by atoms with Crippen molar-refractivity contribution in [2.45, 2.75) is 36.6 Å². The molecular formula is C12H14BrNO4S. The van der Waals surface area contributed by atoms with Gasteiger partial charge in [0, 0.05) is 10.5 Å². The molecule has 1 fully saturated rings. The van der Waals surface area contributed by atoms with Crippen LogP contribution >= 0.6 is 15.9 Å². The Morgan fingerprint density at radius 1 is 1.32 bits per heavy atom. The van der Waals surface area contributed by atoms with Crippen molar-refractivity contribution < 1.29 is 18.3 Å². The van der Waals surface area contributed by atoms with Crippen molar-refractivity contribution in [3.8, 4) is 0 Å². The number of carbonyl (C=O) groups is 1. The fourth-order valence-corrected chi connectivity index (χ4v) is 4.46. The highest BCUT2D eigenvalue weighted by Crippen LogP contribution is 2.25. The van der Waals surface area contributed by atoms with Crippen molar-refractivity contribution in [3.05, 3.63) is 28.2 Å². The Bertz CT molecular complexity index is 594. The molecule has 1 aliphatic rings. The first kappa shape index (κ1) is 14.5. The maximum atomic E-state index is 12.2. The van der Waals surface area contributed by atoms with Crippen LogP contribution in [0.2, 0.25) is 0 Å². The average Bonchev–Trinajstić information content (AvgIpc) is 2.81. The first-order valence-corrected chi connectivity index (χ1v) is 8.23. The van der Waals surface area contributed by atoms with Gasteiger partial charge in [0.1, 0.15) is 0 Å². The van der Waals surface area contributed by atoms with E-state index in [1.54, 1.807) is 0 Å². The number of carboxylic acid groups (broad SMARTS) is 1. The van der Waals surface area contributed by atoms with E-state index in [1.807, 2.05) is 0 Å². The highest BCUT2D eigenvalue weighted by molar-refractivity contribution is 9.10. The zero-order valence-electron chi connectivity index (χ0n) is 10.1. The molecule has 0 amide bonds. The molecule has 0 saturated heterocycles. The van der Waals surface area contributed by atoms with Crippen LogP contribution in [0.4, 0.5) is 0 Å². The van der Waals surface area contributed by atoms with Crippen molar-refractivity contribution >= 4 is 31.9 Å². The average molecular weight is 348 g/mol. The van der Waals surface area contributed by atoms with Crippen LogP contribution in [0, 0.1) is 0 Å². The number of carboxylic acids is 1. The summed E-state index contributed by atoms with van der Waals surface area (Å²) >= 11 is 3.15. The molecule has 0 heterocycles. The van der Waals surface area contributed by atoms with Gasteiger partial charge >= 0.3 is 5.97 Å². The van der Waals surface area contributed by atoms with E-state index in [0.29, 0.717) is 4.47 Å². The van der Waals surface area contributed by atoms with Crippen molar-refractivity contribution in [2.75, 3.05) is 0 Å². The summed E-state index contributed by atoms with van der Waals surface area (Å²) in [6.45, 7) is 0. The summed E-state index contributed by atoms with van der Waals surface area (Å²) < 4.78 is 27.5. The first-order chi connectivity index (χ1) is 8.90. The molecule has 0 spiro atoms. The molecule has 1 aromatic carbocycles. The van der Waals surface area contributed by atoms with Gasteiger partial charge in [0.2, 0.25) is 10.0 Å². The smallest absolute Gasteiger partial charge is 0.335 e. The Labute approximate surface area is 120 Å². The lowest BCUT2D eigenvalue weighted by Crippen LogP contribution is -2.33. The molecular weight excluding hydrogens is 334 g/mol. The van der Waals surface area contributed by atoms with Crippen LogP contribution in [0.3, 0.4) is 0 Å². The van der Waals surface area contributed by atoms with Crippen molar-refractivity contribution in [1.82, 2.24) is 4.72 Å². The van der Waals surface area contributed by atoms with E-state index >= 15 is 0 Å². The topological polar surface area (TPSA) is 83.5 Å². The number of halogens is 1. The van der Waals surface area contributed by atoms with Gasteiger partial charge in [-0.25, -0.2) is 17.9 Å². The lowest BCUT2D eigenvalue weighted by molar-refractivity contribution is 0.0696. The Balaban J connectivity index is 2.33. The van der Waals surface area contributed by atoms with Crippen LogP contribution in [-0.2, 0) is 10.0 Å². The summed E-state index contributed by atoms with van der Waals surface area (Å²) in [7, 11) is -3.69. The van der Waals surface area contributed by atoms with Crippen LogP contribution in [0.15, 0.2) is 27.6 Å². The van der Waals surface area contributed by atoms with Crippen LogP contribution in [-0.4, -0.2) is 25.5 Å². The molecule has 0 bridgehead atoms. The maximum absolute atomic E-state index is 12.2. The number of hydrogen-bond acceptors (Lipinski definition) is 3. The molecule has 0 atom stereocenters. The fraction of sp³-hybridized carbons (Fsp3) is 0.417. The van der Waals surface area contributed by atoms with Gasteiger partial charge in [0.05, 0.1) is 10.5 Å². The summed E-state index contributed by atoms with van der Waals surface area (Å²) in [6, 6.07) is 3.92. The minimum absolute atomic E-state index is 0.0284. The third-order valence-electron chi connectivity index (χ3n) is 3.14. The zero-order chi connectivity index (χ0) is 14.0. The maximum Gasteiger partial charge on any atom is 0.335 e. The first-order valence-electron chi connectivity index (χ1n) is 5.95. The predicted molar refractivity (Wildman–Crippen MR) is 73.7 cm³/mol. The molecule has 1 aromatic rings. The second kappa shape index (κ2) is 5.60. The Hall–Kier alpha value is -0.920. The van der Waals surface area contributed by atoms with E-state index in [9.17, 15) is 13.2 Å². The van der Waals surface area contributed by atoms with Gasteiger partial charge in [0.25, 0.3) is 0 Å². The third-order valence-corrected chi connectivity index (χ3v) is 5.66. The molecule has 2 N–H and O–H groups in total. The van der Waals surface area contributed by atoms with Crippen LogP contribution in [0.25, 0.3) is 0 Å². The van der Waals surface area contributed by atoms with Gasteiger partial charge in [-0.3, -0.25) is 0 Å². The van der Waals surface area contributed by atoms with Crippen molar-refractivity contribution in [3.63, 3.8) is 0 Å². The second-order valence-electron chi connectivity index (χ2n) is 4.55.